The lowest BCUT2D eigenvalue weighted by Gasteiger charge is -2.33. The first-order valence-electron chi connectivity index (χ1n) is 13.3. The Morgan fingerprint density at radius 3 is 2.58 bits per heavy atom. The lowest BCUT2D eigenvalue weighted by Crippen LogP contribution is -2.41. The van der Waals surface area contributed by atoms with Crippen molar-refractivity contribution in [2.45, 2.75) is 51.6 Å². The maximum atomic E-state index is 13.6. The van der Waals surface area contributed by atoms with Crippen LogP contribution in [-0.4, -0.2) is 72.0 Å². The molecule has 10 heteroatoms. The van der Waals surface area contributed by atoms with E-state index < -0.39 is 12.7 Å². The molecule has 0 amide bonds. The van der Waals surface area contributed by atoms with E-state index in [9.17, 15) is 23.1 Å². The van der Waals surface area contributed by atoms with Crippen molar-refractivity contribution in [3.8, 4) is 17.6 Å². The van der Waals surface area contributed by atoms with E-state index in [0.717, 1.165) is 31.6 Å². The summed E-state index contributed by atoms with van der Waals surface area (Å²) in [7, 11) is 1.50. The fourth-order valence-corrected chi connectivity index (χ4v) is 5.05. The third kappa shape index (κ3) is 7.49. The molecule has 0 radical (unpaired) electrons. The molecule has 1 fully saturated rings. The smallest absolute Gasteiger partial charge is 0.406 e. The number of aliphatic hydroxyl groups excluding tert-OH is 1. The van der Waals surface area contributed by atoms with Crippen molar-refractivity contribution in [2.24, 2.45) is 0 Å². The van der Waals surface area contributed by atoms with Gasteiger partial charge in [0.15, 0.2) is 5.78 Å². The number of nitrogens with one attached hydrogen (secondary N) is 2. The maximum Gasteiger partial charge on any atom is 0.406 e. The van der Waals surface area contributed by atoms with Crippen molar-refractivity contribution in [3.63, 3.8) is 0 Å². The number of benzene rings is 2. The van der Waals surface area contributed by atoms with Crippen molar-refractivity contribution < 1.29 is 27.8 Å². The first-order chi connectivity index (χ1) is 19.0. The fraction of sp³-hybridized carbons (Fsp3) is 0.433. The van der Waals surface area contributed by atoms with Gasteiger partial charge in [0, 0.05) is 42.3 Å². The molecule has 40 heavy (non-hydrogen) atoms. The Bertz CT molecular complexity index is 1400. The van der Waals surface area contributed by atoms with Crippen LogP contribution in [0.1, 0.15) is 42.7 Å². The van der Waals surface area contributed by atoms with E-state index in [4.69, 9.17) is 4.74 Å². The van der Waals surface area contributed by atoms with Gasteiger partial charge in [-0.2, -0.15) is 13.2 Å². The number of likely N-dealkylation sites (tertiary alicyclic amines) is 1. The number of Topliss-reactive ketones (excluding diaryl/α,β-unsaturated/α-hetero) is 1. The number of aromatic nitrogens is 1. The molecule has 2 aromatic carbocycles. The van der Waals surface area contributed by atoms with E-state index in [-0.39, 0.29) is 30.2 Å². The number of halogens is 3. The number of alkyl halides is 3. The number of hydrogen-bond donors (Lipinski definition) is 3. The molecular weight excluding hydrogens is 521 g/mol. The maximum absolute atomic E-state index is 13.6. The number of rotatable bonds is 9. The van der Waals surface area contributed by atoms with Crippen molar-refractivity contribution in [1.82, 2.24) is 9.47 Å². The standard InChI is InChI=1S/C30H35F3N4O3/c1-20(38)18-36-14-11-23(12-15-36)35-26-7-4-8-28-25(26)17-24(37(28)19-30(31,32)33)6-5-13-34-27-10-9-22(21(2)39)16-29(27)40-3/h4,7-10,16-17,20,23,34-35,38H,11-15,18-19H2,1-3H3. The molecule has 1 atom stereocenters. The summed E-state index contributed by atoms with van der Waals surface area (Å²) in [6.07, 6.45) is -3.04. The van der Waals surface area contributed by atoms with E-state index in [1.807, 2.05) is 6.07 Å². The highest BCUT2D eigenvalue weighted by atomic mass is 19.4. The number of carbonyl (C=O) groups is 1. The molecule has 7 nitrogen and oxygen atoms in total. The van der Waals surface area contributed by atoms with Crippen molar-refractivity contribution in [3.05, 3.63) is 53.7 Å². The lowest BCUT2D eigenvalue weighted by molar-refractivity contribution is -0.140. The fourth-order valence-electron chi connectivity index (χ4n) is 5.05. The van der Waals surface area contributed by atoms with Crippen LogP contribution in [0, 0.1) is 11.8 Å². The Morgan fingerprint density at radius 1 is 1.18 bits per heavy atom. The van der Waals surface area contributed by atoms with E-state index in [2.05, 4.69) is 27.4 Å². The van der Waals surface area contributed by atoms with Crippen LogP contribution in [0.25, 0.3) is 10.9 Å². The molecule has 1 aliphatic rings. The molecule has 1 saturated heterocycles. The number of nitrogens with zero attached hydrogens (tertiary/aromatic N) is 2. The summed E-state index contributed by atoms with van der Waals surface area (Å²) in [6.45, 7) is 4.59. The molecule has 1 aromatic heterocycles. The van der Waals surface area contributed by atoms with Gasteiger partial charge in [0.25, 0.3) is 0 Å². The highest BCUT2D eigenvalue weighted by Crippen LogP contribution is 2.31. The Hall–Kier alpha value is -3.68. The number of hydrogen-bond acceptors (Lipinski definition) is 6. The van der Waals surface area contributed by atoms with E-state index in [0.29, 0.717) is 34.4 Å². The van der Waals surface area contributed by atoms with Gasteiger partial charge < -0.3 is 29.9 Å². The number of β-amino-alcohol motifs (C(OH)–C–C–N with tert-alkyl or cyclic N) is 1. The second-order valence-corrected chi connectivity index (χ2v) is 10.2. The van der Waals surface area contributed by atoms with Crippen LogP contribution in [0.3, 0.4) is 0 Å². The van der Waals surface area contributed by atoms with Crippen LogP contribution in [0.5, 0.6) is 5.75 Å². The molecular formula is C30H35F3N4O3. The molecule has 214 valence electrons. The highest BCUT2D eigenvalue weighted by Gasteiger charge is 2.30. The van der Waals surface area contributed by atoms with Crippen LogP contribution in [0.15, 0.2) is 42.5 Å². The first-order valence-corrected chi connectivity index (χ1v) is 13.3. The second-order valence-electron chi connectivity index (χ2n) is 10.2. The summed E-state index contributed by atoms with van der Waals surface area (Å²) >= 11 is 0. The Morgan fingerprint density at radius 2 is 1.93 bits per heavy atom. The third-order valence-electron chi connectivity index (χ3n) is 6.94. The quantitative estimate of drug-likeness (QED) is 0.250. The summed E-state index contributed by atoms with van der Waals surface area (Å²) in [4.78, 5) is 13.9. The Balaban J connectivity index is 1.54. The van der Waals surface area contributed by atoms with Crippen LogP contribution in [0.4, 0.5) is 24.5 Å². The molecule has 0 aliphatic carbocycles. The third-order valence-corrected chi connectivity index (χ3v) is 6.94. The average molecular weight is 557 g/mol. The monoisotopic (exact) mass is 556 g/mol. The Kier molecular flexibility index (Phi) is 9.28. The summed E-state index contributed by atoms with van der Waals surface area (Å²) in [5.74, 6) is 6.24. The van der Waals surface area contributed by atoms with Crippen molar-refractivity contribution in [2.75, 3.05) is 43.9 Å². The first kappa shape index (κ1) is 29.3. The second kappa shape index (κ2) is 12.7. The van der Waals surface area contributed by atoms with Gasteiger partial charge in [-0.05, 0) is 69.0 Å². The van der Waals surface area contributed by atoms with Crippen molar-refractivity contribution >= 4 is 28.1 Å². The van der Waals surface area contributed by atoms with Gasteiger partial charge in [0.1, 0.15) is 12.3 Å². The van der Waals surface area contributed by atoms with Gasteiger partial charge in [-0.15, -0.1) is 0 Å². The minimum Gasteiger partial charge on any atom is -0.495 e. The zero-order valence-corrected chi connectivity index (χ0v) is 22.9. The molecule has 0 saturated carbocycles. The van der Waals surface area contributed by atoms with Crippen LogP contribution in [0.2, 0.25) is 0 Å². The largest absolute Gasteiger partial charge is 0.495 e. The number of piperidine rings is 1. The van der Waals surface area contributed by atoms with Gasteiger partial charge in [0.2, 0.25) is 0 Å². The number of carbonyl (C=O) groups excluding carboxylic acids is 1. The van der Waals surface area contributed by atoms with Gasteiger partial charge >= 0.3 is 6.18 Å². The van der Waals surface area contributed by atoms with Crippen LogP contribution >= 0.6 is 0 Å². The lowest BCUT2D eigenvalue weighted by atomic mass is 10.0. The zero-order chi connectivity index (χ0) is 28.9. The molecule has 3 aromatic rings. The van der Waals surface area contributed by atoms with E-state index in [1.165, 1.54) is 18.6 Å². The predicted octanol–water partition coefficient (Wildman–Crippen LogP) is 5.14. The predicted molar refractivity (Wildman–Crippen MR) is 151 cm³/mol. The summed E-state index contributed by atoms with van der Waals surface area (Å²) in [6, 6.07) is 12.2. The highest BCUT2D eigenvalue weighted by molar-refractivity contribution is 5.95. The normalized spacial score (nSPS) is 15.4. The summed E-state index contributed by atoms with van der Waals surface area (Å²) in [5.41, 5.74) is 2.66. The molecule has 1 aliphatic heterocycles. The summed E-state index contributed by atoms with van der Waals surface area (Å²) in [5, 5.41) is 17.0. The SMILES string of the molecule is COc1cc(C(C)=O)ccc1NCC#Cc1cc2c(NC3CCN(CC(C)O)CC3)cccc2n1CC(F)(F)F. The van der Waals surface area contributed by atoms with Gasteiger partial charge in [-0.25, -0.2) is 0 Å². The number of ether oxygens (including phenoxy) is 1. The van der Waals surface area contributed by atoms with E-state index >= 15 is 0 Å². The van der Waals surface area contributed by atoms with Gasteiger partial charge in [-0.3, -0.25) is 4.79 Å². The number of anilines is 2. The van der Waals surface area contributed by atoms with Gasteiger partial charge in [0.05, 0.1) is 36.7 Å². The number of methoxy groups -OCH3 is 1. The molecule has 2 heterocycles. The molecule has 0 bridgehead atoms. The van der Waals surface area contributed by atoms with Crippen molar-refractivity contribution in [1.29, 1.82) is 0 Å². The number of aliphatic hydroxyl groups is 1. The minimum atomic E-state index is -4.41. The van der Waals surface area contributed by atoms with Gasteiger partial charge in [-0.1, -0.05) is 12.0 Å². The molecule has 3 N–H and O–H groups in total. The number of fused-ring (bicyclic) bond motifs is 1. The molecule has 4 rings (SSSR count). The average Bonchev–Trinajstić information content (AvgIpc) is 3.24. The molecule has 0 spiro atoms. The van der Waals surface area contributed by atoms with E-state index in [1.54, 1.807) is 43.3 Å². The summed E-state index contributed by atoms with van der Waals surface area (Å²) < 4.78 is 47.2. The topological polar surface area (TPSA) is 78.8 Å². The van der Waals surface area contributed by atoms with Crippen LogP contribution in [-0.2, 0) is 6.54 Å². The Labute approximate surface area is 232 Å². The number of ketones is 1. The zero-order valence-electron chi connectivity index (χ0n) is 22.9. The van der Waals surface area contributed by atoms with Crippen LogP contribution < -0.4 is 15.4 Å². The molecule has 1 unspecified atom stereocenters. The minimum absolute atomic E-state index is 0.0854.